The summed E-state index contributed by atoms with van der Waals surface area (Å²) in [6, 6.07) is 2.97. The molecular formula is C12H11F2N3O2. The molecule has 0 aliphatic rings. The van der Waals surface area contributed by atoms with Crippen molar-refractivity contribution < 1.29 is 18.3 Å². The molecule has 0 aliphatic heterocycles. The number of nitrogen functional groups attached to an aromatic ring is 1. The molecule has 0 radical (unpaired) electrons. The lowest BCUT2D eigenvalue weighted by Crippen LogP contribution is -2.09. The molecule has 0 atom stereocenters. The number of hydrogen-bond acceptors (Lipinski definition) is 4. The predicted octanol–water partition coefficient (Wildman–Crippen LogP) is 1.91. The monoisotopic (exact) mass is 267 g/mol. The molecule has 0 spiro atoms. The van der Waals surface area contributed by atoms with Crippen LogP contribution in [0.5, 0.6) is 0 Å². The number of carbonyl (C=O) groups excluding carboxylic acids is 1. The molecule has 19 heavy (non-hydrogen) atoms. The average Bonchev–Trinajstić information content (AvgIpc) is 2.72. The normalized spacial score (nSPS) is 10.5. The Morgan fingerprint density at radius 1 is 1.47 bits per heavy atom. The molecule has 1 aromatic heterocycles. The summed E-state index contributed by atoms with van der Waals surface area (Å²) < 4.78 is 32.2. The van der Waals surface area contributed by atoms with Gasteiger partial charge in [-0.05, 0) is 19.1 Å². The molecule has 1 heterocycles. The van der Waals surface area contributed by atoms with Crippen molar-refractivity contribution in [2.75, 3.05) is 12.3 Å². The first-order chi connectivity index (χ1) is 9.04. The summed E-state index contributed by atoms with van der Waals surface area (Å²) in [4.78, 5) is 11.5. The lowest BCUT2D eigenvalue weighted by molar-refractivity contribution is 0.0527. The number of ether oxygens (including phenoxy) is 1. The molecule has 0 bridgehead atoms. The summed E-state index contributed by atoms with van der Waals surface area (Å²) in [5.41, 5.74) is 5.70. The fraction of sp³-hybridized carbons (Fsp3) is 0.167. The van der Waals surface area contributed by atoms with E-state index in [2.05, 4.69) is 5.10 Å². The molecule has 0 saturated carbocycles. The summed E-state index contributed by atoms with van der Waals surface area (Å²) in [6.45, 7) is 1.84. The van der Waals surface area contributed by atoms with Crippen LogP contribution in [0, 0.1) is 11.6 Å². The fourth-order valence-electron chi connectivity index (χ4n) is 1.57. The van der Waals surface area contributed by atoms with E-state index in [0.29, 0.717) is 6.07 Å². The van der Waals surface area contributed by atoms with Gasteiger partial charge in [-0.15, -0.1) is 0 Å². The first-order valence-electron chi connectivity index (χ1n) is 5.50. The molecule has 2 rings (SSSR count). The number of carbonyl (C=O) groups is 1. The van der Waals surface area contributed by atoms with Crippen LogP contribution in [0.1, 0.15) is 17.3 Å². The molecule has 2 aromatic rings. The van der Waals surface area contributed by atoms with Gasteiger partial charge in [0.05, 0.1) is 12.8 Å². The molecule has 7 heteroatoms. The fourth-order valence-corrected chi connectivity index (χ4v) is 1.57. The number of nitrogens with two attached hydrogens (primary N) is 1. The van der Waals surface area contributed by atoms with Gasteiger partial charge in [-0.25, -0.2) is 18.3 Å². The van der Waals surface area contributed by atoms with E-state index in [1.54, 1.807) is 6.92 Å². The number of esters is 1. The summed E-state index contributed by atoms with van der Waals surface area (Å²) >= 11 is 0. The summed E-state index contributed by atoms with van der Waals surface area (Å²) in [7, 11) is 0. The van der Waals surface area contributed by atoms with Gasteiger partial charge in [-0.2, -0.15) is 5.10 Å². The highest BCUT2D eigenvalue weighted by Crippen LogP contribution is 2.20. The van der Waals surface area contributed by atoms with Crippen molar-refractivity contribution >= 4 is 11.8 Å². The Bertz CT molecular complexity index is 625. The lowest BCUT2D eigenvalue weighted by atomic mass is 10.3. The summed E-state index contributed by atoms with van der Waals surface area (Å²) in [6.07, 6.45) is 1.18. The lowest BCUT2D eigenvalue weighted by Gasteiger charge is -2.06. The standard InChI is InChI=1S/C12H11F2N3O2/c1-2-19-12(18)8-6-16-17(11(8)15)10-4-3-7(13)5-9(10)14/h3-6H,2,15H2,1H3. The van der Waals surface area contributed by atoms with Gasteiger partial charge < -0.3 is 10.5 Å². The van der Waals surface area contributed by atoms with Crippen LogP contribution in [0.15, 0.2) is 24.4 Å². The zero-order chi connectivity index (χ0) is 14.0. The molecule has 0 fully saturated rings. The van der Waals surface area contributed by atoms with Crippen LogP contribution < -0.4 is 5.73 Å². The van der Waals surface area contributed by atoms with E-state index in [4.69, 9.17) is 10.5 Å². The van der Waals surface area contributed by atoms with E-state index >= 15 is 0 Å². The maximum absolute atomic E-state index is 13.6. The third-order valence-electron chi connectivity index (χ3n) is 2.44. The number of nitrogens with zero attached hydrogens (tertiary/aromatic N) is 2. The number of aromatic nitrogens is 2. The van der Waals surface area contributed by atoms with Gasteiger partial charge in [0.15, 0.2) is 5.82 Å². The molecule has 2 N–H and O–H groups in total. The molecule has 0 unspecified atom stereocenters. The van der Waals surface area contributed by atoms with Crippen LogP contribution in [0.4, 0.5) is 14.6 Å². The van der Waals surface area contributed by atoms with E-state index < -0.39 is 17.6 Å². The largest absolute Gasteiger partial charge is 0.462 e. The van der Waals surface area contributed by atoms with Crippen molar-refractivity contribution in [3.05, 3.63) is 41.6 Å². The zero-order valence-corrected chi connectivity index (χ0v) is 10.1. The number of anilines is 1. The molecular weight excluding hydrogens is 256 g/mol. The van der Waals surface area contributed by atoms with Crippen LogP contribution in [0.3, 0.4) is 0 Å². The second-order valence-corrected chi connectivity index (χ2v) is 3.67. The van der Waals surface area contributed by atoms with Crippen molar-refractivity contribution in [3.63, 3.8) is 0 Å². The van der Waals surface area contributed by atoms with Crippen molar-refractivity contribution in [2.24, 2.45) is 0 Å². The highest BCUT2D eigenvalue weighted by atomic mass is 19.1. The minimum absolute atomic E-state index is 0.0329. The molecule has 100 valence electrons. The third-order valence-corrected chi connectivity index (χ3v) is 2.44. The van der Waals surface area contributed by atoms with Gasteiger partial charge in [0.25, 0.3) is 0 Å². The zero-order valence-electron chi connectivity index (χ0n) is 10.1. The van der Waals surface area contributed by atoms with Crippen LogP contribution >= 0.6 is 0 Å². The van der Waals surface area contributed by atoms with Crippen molar-refractivity contribution in [2.45, 2.75) is 6.92 Å². The Morgan fingerprint density at radius 2 is 2.21 bits per heavy atom. The summed E-state index contributed by atoms with van der Waals surface area (Å²) in [5.74, 6) is -2.25. The summed E-state index contributed by atoms with van der Waals surface area (Å²) in [5, 5.41) is 3.81. The van der Waals surface area contributed by atoms with Gasteiger partial charge in [0, 0.05) is 6.07 Å². The maximum Gasteiger partial charge on any atom is 0.343 e. The third kappa shape index (κ3) is 2.40. The predicted molar refractivity (Wildman–Crippen MR) is 63.8 cm³/mol. The van der Waals surface area contributed by atoms with Crippen molar-refractivity contribution in [1.29, 1.82) is 0 Å². The van der Waals surface area contributed by atoms with Crippen LogP contribution in [0.2, 0.25) is 0 Å². The second-order valence-electron chi connectivity index (χ2n) is 3.67. The highest BCUT2D eigenvalue weighted by Gasteiger charge is 2.18. The molecule has 1 aromatic carbocycles. The van der Waals surface area contributed by atoms with E-state index in [9.17, 15) is 13.6 Å². The molecule has 0 amide bonds. The smallest absolute Gasteiger partial charge is 0.343 e. The van der Waals surface area contributed by atoms with E-state index in [0.717, 1.165) is 10.7 Å². The Hall–Kier alpha value is -2.44. The van der Waals surface area contributed by atoms with Gasteiger partial charge in [0.2, 0.25) is 0 Å². The number of benzene rings is 1. The minimum atomic E-state index is -0.829. The van der Waals surface area contributed by atoms with E-state index in [-0.39, 0.29) is 23.7 Å². The molecule has 0 aliphatic carbocycles. The van der Waals surface area contributed by atoms with Gasteiger partial charge >= 0.3 is 5.97 Å². The van der Waals surface area contributed by atoms with Crippen LogP contribution in [-0.2, 0) is 4.74 Å². The van der Waals surface area contributed by atoms with E-state index in [1.165, 1.54) is 12.3 Å². The first kappa shape index (κ1) is 13.0. The van der Waals surface area contributed by atoms with Crippen molar-refractivity contribution in [1.82, 2.24) is 9.78 Å². The first-order valence-corrected chi connectivity index (χ1v) is 5.50. The Balaban J connectivity index is 2.44. The molecule has 5 nitrogen and oxygen atoms in total. The Morgan fingerprint density at radius 3 is 2.84 bits per heavy atom. The Labute approximate surface area is 107 Å². The van der Waals surface area contributed by atoms with Crippen molar-refractivity contribution in [3.8, 4) is 5.69 Å². The SMILES string of the molecule is CCOC(=O)c1cnn(-c2ccc(F)cc2F)c1N. The van der Waals surface area contributed by atoms with Gasteiger partial charge in [-0.1, -0.05) is 0 Å². The maximum atomic E-state index is 13.6. The second kappa shape index (κ2) is 5.05. The van der Waals surface area contributed by atoms with Crippen LogP contribution in [0.25, 0.3) is 5.69 Å². The number of hydrogen-bond donors (Lipinski definition) is 1. The van der Waals surface area contributed by atoms with Gasteiger partial charge in [0.1, 0.15) is 22.9 Å². The number of halogens is 2. The highest BCUT2D eigenvalue weighted by molar-refractivity contribution is 5.94. The minimum Gasteiger partial charge on any atom is -0.462 e. The average molecular weight is 267 g/mol. The van der Waals surface area contributed by atoms with E-state index in [1.807, 2.05) is 0 Å². The van der Waals surface area contributed by atoms with Gasteiger partial charge in [-0.3, -0.25) is 0 Å². The molecule has 0 saturated heterocycles. The topological polar surface area (TPSA) is 70.1 Å². The number of rotatable bonds is 3. The van der Waals surface area contributed by atoms with Crippen LogP contribution in [-0.4, -0.2) is 22.4 Å². The Kier molecular flexibility index (Phi) is 3.46. The quantitative estimate of drug-likeness (QED) is 0.862.